The minimum absolute atomic E-state index is 0.319. The fourth-order valence-electron chi connectivity index (χ4n) is 3.59. The maximum absolute atomic E-state index is 12.0. The van der Waals surface area contributed by atoms with Gasteiger partial charge in [0.05, 0.1) is 16.9 Å². The number of carbonyl (C=O) groups excluding carboxylic acids is 1. The lowest BCUT2D eigenvalue weighted by atomic mass is 10.0. The van der Waals surface area contributed by atoms with E-state index in [1.54, 1.807) is 6.07 Å². The topological polar surface area (TPSA) is 94.5 Å². The number of amides is 1. The van der Waals surface area contributed by atoms with Crippen LogP contribution in [0.25, 0.3) is 11.3 Å². The zero-order valence-electron chi connectivity index (χ0n) is 16.2. The van der Waals surface area contributed by atoms with E-state index < -0.39 is 5.91 Å². The first-order valence-corrected chi connectivity index (χ1v) is 9.80. The number of benzene rings is 2. The lowest BCUT2D eigenvalue weighted by Crippen LogP contribution is -2.31. The summed E-state index contributed by atoms with van der Waals surface area (Å²) in [5, 5.41) is 0. The summed E-state index contributed by atoms with van der Waals surface area (Å²) < 4.78 is 5.84. The van der Waals surface area contributed by atoms with Gasteiger partial charge in [-0.3, -0.25) is 4.79 Å². The third-order valence-corrected chi connectivity index (χ3v) is 5.06. The number of piperidine rings is 1. The molecule has 0 radical (unpaired) electrons. The van der Waals surface area contributed by atoms with Gasteiger partial charge in [-0.1, -0.05) is 18.2 Å². The molecule has 0 unspecified atom stereocenters. The summed E-state index contributed by atoms with van der Waals surface area (Å²) in [6.45, 7) is 1.83. The fourth-order valence-corrected chi connectivity index (χ4v) is 3.59. The molecule has 1 fully saturated rings. The molecule has 1 aliphatic heterocycles. The van der Waals surface area contributed by atoms with Crippen LogP contribution in [-0.4, -0.2) is 24.0 Å². The predicted octanol–water partition coefficient (Wildman–Crippen LogP) is 4.21. The first kappa shape index (κ1) is 18.8. The normalized spacial score (nSPS) is 13.9. The molecule has 1 amide bonds. The number of rotatable bonds is 5. The van der Waals surface area contributed by atoms with Crippen LogP contribution in [0.2, 0.25) is 0 Å². The Morgan fingerprint density at radius 1 is 0.931 bits per heavy atom. The lowest BCUT2D eigenvalue weighted by molar-refractivity contribution is 0.100. The highest BCUT2D eigenvalue weighted by Gasteiger charge is 2.20. The molecule has 3 aromatic rings. The van der Waals surface area contributed by atoms with Crippen LogP contribution in [0, 0.1) is 0 Å². The molecular weight excluding hydrogens is 364 g/mol. The molecule has 1 saturated heterocycles. The second kappa shape index (κ2) is 8.22. The lowest BCUT2D eigenvalue weighted by Gasteiger charge is -2.29. The van der Waals surface area contributed by atoms with Gasteiger partial charge in [0.25, 0.3) is 5.91 Å². The highest BCUT2D eigenvalue weighted by molar-refractivity contribution is 6.00. The van der Waals surface area contributed by atoms with Crippen molar-refractivity contribution in [3.8, 4) is 22.8 Å². The highest BCUT2D eigenvalue weighted by Crippen LogP contribution is 2.32. The van der Waals surface area contributed by atoms with Gasteiger partial charge in [0, 0.05) is 18.7 Å². The number of hydrogen-bond donors (Lipinski definition) is 2. The number of nitrogen functional groups attached to an aromatic ring is 1. The van der Waals surface area contributed by atoms with Crippen molar-refractivity contribution in [3.05, 3.63) is 66.2 Å². The summed E-state index contributed by atoms with van der Waals surface area (Å²) in [5.74, 6) is 1.63. The summed E-state index contributed by atoms with van der Waals surface area (Å²) in [7, 11) is 0. The molecule has 148 valence electrons. The van der Waals surface area contributed by atoms with Gasteiger partial charge in [-0.2, -0.15) is 0 Å². The number of nitrogens with zero attached hydrogens (tertiary/aromatic N) is 2. The van der Waals surface area contributed by atoms with Gasteiger partial charge in [0.1, 0.15) is 11.5 Å². The summed E-state index contributed by atoms with van der Waals surface area (Å²) in [5.41, 5.74) is 14.0. The van der Waals surface area contributed by atoms with Crippen LogP contribution in [0.1, 0.15) is 29.6 Å². The zero-order chi connectivity index (χ0) is 20.2. The third kappa shape index (κ3) is 4.16. The van der Waals surface area contributed by atoms with E-state index in [4.69, 9.17) is 21.2 Å². The van der Waals surface area contributed by atoms with Crippen LogP contribution in [0.5, 0.6) is 11.5 Å². The molecular formula is C23H24N4O2. The van der Waals surface area contributed by atoms with Gasteiger partial charge in [0.2, 0.25) is 0 Å². The first-order valence-electron chi connectivity index (χ1n) is 9.80. The number of carbonyl (C=O) groups is 1. The number of para-hydroxylation sites is 1. The van der Waals surface area contributed by atoms with Gasteiger partial charge in [-0.15, -0.1) is 0 Å². The molecule has 4 N–H and O–H groups in total. The molecule has 6 heteroatoms. The Morgan fingerprint density at radius 2 is 1.59 bits per heavy atom. The minimum Gasteiger partial charge on any atom is -0.457 e. The largest absolute Gasteiger partial charge is 0.457 e. The van der Waals surface area contributed by atoms with E-state index in [1.165, 1.54) is 6.42 Å². The number of anilines is 2. The molecule has 6 nitrogen and oxygen atoms in total. The molecule has 4 rings (SSSR count). The monoisotopic (exact) mass is 388 g/mol. The quantitative estimate of drug-likeness (QED) is 0.683. The second-order valence-corrected chi connectivity index (χ2v) is 7.15. The van der Waals surface area contributed by atoms with Crippen molar-refractivity contribution in [2.75, 3.05) is 23.7 Å². The first-order chi connectivity index (χ1) is 14.1. The number of hydrogen-bond acceptors (Lipinski definition) is 5. The Labute approximate surface area is 170 Å². The molecule has 1 aromatic heterocycles. The van der Waals surface area contributed by atoms with Gasteiger partial charge in [-0.05, 0) is 61.7 Å². The van der Waals surface area contributed by atoms with Crippen molar-refractivity contribution in [3.63, 3.8) is 0 Å². The molecule has 29 heavy (non-hydrogen) atoms. The van der Waals surface area contributed by atoms with E-state index in [1.807, 2.05) is 54.6 Å². The van der Waals surface area contributed by atoms with E-state index in [-0.39, 0.29) is 0 Å². The third-order valence-electron chi connectivity index (χ3n) is 5.06. The average Bonchev–Trinajstić information content (AvgIpc) is 2.75. The fraction of sp³-hybridized carbons (Fsp3) is 0.217. The minimum atomic E-state index is -0.547. The van der Waals surface area contributed by atoms with Crippen molar-refractivity contribution < 1.29 is 9.53 Å². The van der Waals surface area contributed by atoms with Crippen LogP contribution in [-0.2, 0) is 0 Å². The summed E-state index contributed by atoms with van der Waals surface area (Å²) in [6.07, 6.45) is 3.44. The Balaban J connectivity index is 1.68. The summed E-state index contributed by atoms with van der Waals surface area (Å²) in [4.78, 5) is 19.0. The van der Waals surface area contributed by atoms with Crippen LogP contribution in [0.15, 0.2) is 60.7 Å². The molecule has 0 atom stereocenters. The van der Waals surface area contributed by atoms with Crippen LogP contribution in [0.3, 0.4) is 0 Å². The van der Waals surface area contributed by atoms with Crippen molar-refractivity contribution in [2.24, 2.45) is 5.73 Å². The molecule has 0 saturated carbocycles. The van der Waals surface area contributed by atoms with Gasteiger partial charge in [0.15, 0.2) is 5.82 Å². The molecule has 1 aliphatic rings. The Morgan fingerprint density at radius 3 is 2.24 bits per heavy atom. The summed E-state index contributed by atoms with van der Waals surface area (Å²) >= 11 is 0. The van der Waals surface area contributed by atoms with E-state index in [9.17, 15) is 4.79 Å². The average molecular weight is 388 g/mol. The highest BCUT2D eigenvalue weighted by atomic mass is 16.5. The predicted molar refractivity (Wildman–Crippen MR) is 115 cm³/mol. The van der Waals surface area contributed by atoms with E-state index in [0.29, 0.717) is 28.5 Å². The van der Waals surface area contributed by atoms with E-state index in [0.717, 1.165) is 37.2 Å². The number of pyridine rings is 1. The van der Waals surface area contributed by atoms with Crippen LogP contribution >= 0.6 is 0 Å². The van der Waals surface area contributed by atoms with Crippen molar-refractivity contribution in [1.82, 2.24) is 4.98 Å². The molecule has 0 spiro atoms. The molecule has 2 aromatic carbocycles. The number of aromatic nitrogens is 1. The molecule has 0 aliphatic carbocycles. The Bertz CT molecular complexity index is 997. The second-order valence-electron chi connectivity index (χ2n) is 7.15. The van der Waals surface area contributed by atoms with E-state index >= 15 is 0 Å². The van der Waals surface area contributed by atoms with Gasteiger partial charge < -0.3 is 21.1 Å². The van der Waals surface area contributed by atoms with Crippen LogP contribution < -0.4 is 21.1 Å². The van der Waals surface area contributed by atoms with Crippen molar-refractivity contribution in [1.29, 1.82) is 0 Å². The maximum Gasteiger partial charge on any atom is 0.250 e. The summed E-state index contributed by atoms with van der Waals surface area (Å²) in [6, 6.07) is 18.7. The molecule has 0 bridgehead atoms. The standard InChI is InChI=1S/C23H24N4O2/c24-20-15-19(22(25)28)21(26-23(20)27-13-5-2-6-14-27)16-9-11-18(12-10-16)29-17-7-3-1-4-8-17/h1,3-4,7-12,15H,2,5-6,13-14,24H2,(H2,25,28). The number of nitrogens with two attached hydrogens (primary N) is 2. The Hall–Kier alpha value is -3.54. The maximum atomic E-state index is 12.0. The van der Waals surface area contributed by atoms with Gasteiger partial charge in [-0.25, -0.2) is 4.98 Å². The van der Waals surface area contributed by atoms with Gasteiger partial charge >= 0.3 is 0 Å². The number of primary amides is 1. The van der Waals surface area contributed by atoms with Crippen LogP contribution in [0.4, 0.5) is 11.5 Å². The van der Waals surface area contributed by atoms with Crippen molar-refractivity contribution >= 4 is 17.4 Å². The molecule has 2 heterocycles. The van der Waals surface area contributed by atoms with Crippen molar-refractivity contribution in [2.45, 2.75) is 19.3 Å². The SMILES string of the molecule is NC(=O)c1cc(N)c(N2CCCCC2)nc1-c1ccc(Oc2ccccc2)cc1. The number of ether oxygens (including phenoxy) is 1. The smallest absolute Gasteiger partial charge is 0.250 e. The van der Waals surface area contributed by atoms with E-state index in [2.05, 4.69) is 4.90 Å². The zero-order valence-corrected chi connectivity index (χ0v) is 16.2. The Kier molecular flexibility index (Phi) is 5.33.